The Morgan fingerprint density at radius 2 is 2.20 bits per heavy atom. The molecule has 1 N–H and O–H groups in total. The summed E-state index contributed by atoms with van der Waals surface area (Å²) in [5, 5.41) is 6.58. The van der Waals surface area contributed by atoms with E-state index in [1.165, 1.54) is 7.11 Å². The molecular formula is C10H16N2O3. The maximum atomic E-state index is 11.4. The number of methoxy groups -OCH3 is 1. The SMILES string of the molecule is COC(=O)c1c(C)n[nH]c1OCC(C)C. The van der Waals surface area contributed by atoms with E-state index in [2.05, 4.69) is 14.9 Å². The van der Waals surface area contributed by atoms with E-state index >= 15 is 0 Å². The fraction of sp³-hybridized carbons (Fsp3) is 0.600. The van der Waals surface area contributed by atoms with Crippen molar-refractivity contribution >= 4 is 5.97 Å². The minimum absolute atomic E-state index is 0.373. The van der Waals surface area contributed by atoms with Crippen molar-refractivity contribution in [2.24, 2.45) is 5.92 Å². The van der Waals surface area contributed by atoms with E-state index < -0.39 is 5.97 Å². The molecule has 0 saturated heterocycles. The molecule has 0 unspecified atom stereocenters. The lowest BCUT2D eigenvalue weighted by Gasteiger charge is -2.07. The van der Waals surface area contributed by atoms with Crippen LogP contribution in [0.2, 0.25) is 0 Å². The van der Waals surface area contributed by atoms with Crippen LogP contribution in [0.15, 0.2) is 0 Å². The zero-order valence-corrected chi connectivity index (χ0v) is 9.46. The number of esters is 1. The second-order valence-electron chi connectivity index (χ2n) is 3.71. The number of aromatic amines is 1. The summed E-state index contributed by atoms with van der Waals surface area (Å²) in [4.78, 5) is 11.4. The second-order valence-corrected chi connectivity index (χ2v) is 3.71. The third-order valence-corrected chi connectivity index (χ3v) is 1.86. The first kappa shape index (κ1) is 11.6. The van der Waals surface area contributed by atoms with Crippen LogP contribution in [0.5, 0.6) is 5.88 Å². The fourth-order valence-electron chi connectivity index (χ4n) is 1.11. The molecule has 15 heavy (non-hydrogen) atoms. The molecule has 5 heteroatoms. The summed E-state index contributed by atoms with van der Waals surface area (Å²) in [7, 11) is 1.33. The van der Waals surface area contributed by atoms with Gasteiger partial charge in [0.15, 0.2) is 0 Å². The summed E-state index contributed by atoms with van der Waals surface area (Å²) >= 11 is 0. The van der Waals surface area contributed by atoms with Gasteiger partial charge in [-0.15, -0.1) is 0 Å². The van der Waals surface area contributed by atoms with Crippen molar-refractivity contribution in [2.75, 3.05) is 13.7 Å². The highest BCUT2D eigenvalue weighted by Crippen LogP contribution is 2.19. The topological polar surface area (TPSA) is 64.2 Å². The smallest absolute Gasteiger partial charge is 0.345 e. The summed E-state index contributed by atoms with van der Waals surface area (Å²) in [6.45, 7) is 6.32. The monoisotopic (exact) mass is 212 g/mol. The first-order chi connectivity index (χ1) is 7.06. The highest BCUT2D eigenvalue weighted by atomic mass is 16.5. The Kier molecular flexibility index (Phi) is 3.71. The first-order valence-electron chi connectivity index (χ1n) is 4.82. The zero-order valence-electron chi connectivity index (χ0n) is 9.46. The predicted octanol–water partition coefficient (Wildman–Crippen LogP) is 1.54. The quantitative estimate of drug-likeness (QED) is 0.769. The third-order valence-electron chi connectivity index (χ3n) is 1.86. The molecule has 0 aromatic carbocycles. The van der Waals surface area contributed by atoms with Crippen molar-refractivity contribution in [1.29, 1.82) is 0 Å². The molecule has 1 heterocycles. The van der Waals surface area contributed by atoms with Gasteiger partial charge in [-0.3, -0.25) is 0 Å². The van der Waals surface area contributed by atoms with Crippen molar-refractivity contribution in [3.63, 3.8) is 0 Å². The molecule has 0 aliphatic carbocycles. The van der Waals surface area contributed by atoms with Gasteiger partial charge < -0.3 is 9.47 Å². The van der Waals surface area contributed by atoms with Crippen LogP contribution >= 0.6 is 0 Å². The Morgan fingerprint density at radius 1 is 1.53 bits per heavy atom. The van der Waals surface area contributed by atoms with Crippen molar-refractivity contribution in [2.45, 2.75) is 20.8 Å². The van der Waals surface area contributed by atoms with Crippen molar-refractivity contribution in [1.82, 2.24) is 10.2 Å². The number of hydrogen-bond acceptors (Lipinski definition) is 4. The van der Waals surface area contributed by atoms with Crippen LogP contribution < -0.4 is 4.74 Å². The van der Waals surface area contributed by atoms with Gasteiger partial charge in [0.2, 0.25) is 5.88 Å². The summed E-state index contributed by atoms with van der Waals surface area (Å²) in [5.74, 6) is 0.340. The van der Waals surface area contributed by atoms with E-state index in [0.29, 0.717) is 29.7 Å². The molecule has 0 radical (unpaired) electrons. The standard InChI is InChI=1S/C10H16N2O3/c1-6(2)5-15-9-8(10(13)14-4)7(3)11-12-9/h6H,5H2,1-4H3,(H,11,12). The molecule has 1 rings (SSSR count). The predicted molar refractivity (Wildman–Crippen MR) is 55.0 cm³/mol. The largest absolute Gasteiger partial charge is 0.477 e. The van der Waals surface area contributed by atoms with Gasteiger partial charge in [-0.2, -0.15) is 5.10 Å². The number of carbonyl (C=O) groups excluding carboxylic acids is 1. The normalized spacial score (nSPS) is 10.5. The Bertz CT molecular complexity index is 344. The number of hydrogen-bond donors (Lipinski definition) is 1. The van der Waals surface area contributed by atoms with Gasteiger partial charge in [0.1, 0.15) is 5.56 Å². The van der Waals surface area contributed by atoms with Crippen LogP contribution in [0.25, 0.3) is 0 Å². The first-order valence-corrected chi connectivity index (χ1v) is 4.82. The van der Waals surface area contributed by atoms with E-state index in [1.807, 2.05) is 13.8 Å². The molecule has 0 amide bonds. The summed E-state index contributed by atoms with van der Waals surface area (Å²) in [5.41, 5.74) is 0.957. The molecule has 0 aliphatic heterocycles. The maximum absolute atomic E-state index is 11.4. The van der Waals surface area contributed by atoms with Crippen LogP contribution in [0.4, 0.5) is 0 Å². The molecule has 1 aromatic heterocycles. The van der Waals surface area contributed by atoms with E-state index in [1.54, 1.807) is 6.92 Å². The summed E-state index contributed by atoms with van der Waals surface area (Å²) in [6, 6.07) is 0. The number of nitrogens with zero attached hydrogens (tertiary/aromatic N) is 1. The average Bonchev–Trinajstić information content (AvgIpc) is 2.55. The van der Waals surface area contributed by atoms with Crippen molar-refractivity contribution < 1.29 is 14.3 Å². The molecule has 84 valence electrons. The van der Waals surface area contributed by atoms with Gasteiger partial charge >= 0.3 is 5.97 Å². The van der Waals surface area contributed by atoms with E-state index in [0.717, 1.165) is 0 Å². The lowest BCUT2D eigenvalue weighted by atomic mass is 10.2. The number of rotatable bonds is 4. The van der Waals surface area contributed by atoms with Crippen LogP contribution in [0.3, 0.4) is 0 Å². The molecule has 0 fully saturated rings. The number of aryl methyl sites for hydroxylation is 1. The number of ether oxygens (including phenoxy) is 2. The Balaban J connectivity index is 2.84. The number of H-pyrrole nitrogens is 1. The van der Waals surface area contributed by atoms with Crippen LogP contribution in [-0.2, 0) is 4.74 Å². The molecule has 0 saturated carbocycles. The van der Waals surface area contributed by atoms with Crippen LogP contribution in [0, 0.1) is 12.8 Å². The molecule has 1 aromatic rings. The number of nitrogens with one attached hydrogen (secondary N) is 1. The Labute approximate surface area is 88.8 Å². The Hall–Kier alpha value is -1.52. The molecule has 5 nitrogen and oxygen atoms in total. The van der Waals surface area contributed by atoms with Crippen molar-refractivity contribution in [3.05, 3.63) is 11.3 Å². The summed E-state index contributed by atoms with van der Waals surface area (Å²) < 4.78 is 10.1. The van der Waals surface area contributed by atoms with Gasteiger partial charge in [0, 0.05) is 0 Å². The molecular weight excluding hydrogens is 196 g/mol. The van der Waals surface area contributed by atoms with Gasteiger partial charge in [0.25, 0.3) is 0 Å². The Morgan fingerprint density at radius 3 is 2.73 bits per heavy atom. The van der Waals surface area contributed by atoms with Gasteiger partial charge in [-0.1, -0.05) is 13.8 Å². The van der Waals surface area contributed by atoms with E-state index in [4.69, 9.17) is 4.74 Å². The molecule has 0 aliphatic rings. The van der Waals surface area contributed by atoms with E-state index in [-0.39, 0.29) is 0 Å². The minimum atomic E-state index is -0.431. The number of carbonyl (C=O) groups is 1. The van der Waals surface area contributed by atoms with Crippen LogP contribution in [-0.4, -0.2) is 29.9 Å². The average molecular weight is 212 g/mol. The molecule has 0 spiro atoms. The lowest BCUT2D eigenvalue weighted by molar-refractivity contribution is 0.0594. The fourth-order valence-corrected chi connectivity index (χ4v) is 1.11. The third kappa shape index (κ3) is 2.71. The van der Waals surface area contributed by atoms with Crippen molar-refractivity contribution in [3.8, 4) is 5.88 Å². The van der Waals surface area contributed by atoms with Crippen LogP contribution in [0.1, 0.15) is 29.9 Å². The molecule has 0 bridgehead atoms. The maximum Gasteiger partial charge on any atom is 0.345 e. The highest BCUT2D eigenvalue weighted by molar-refractivity contribution is 5.93. The lowest BCUT2D eigenvalue weighted by Crippen LogP contribution is -2.09. The minimum Gasteiger partial charge on any atom is -0.477 e. The summed E-state index contributed by atoms with van der Waals surface area (Å²) in [6.07, 6.45) is 0. The highest BCUT2D eigenvalue weighted by Gasteiger charge is 2.19. The van der Waals surface area contributed by atoms with Gasteiger partial charge in [-0.25, -0.2) is 9.89 Å². The molecule has 0 atom stereocenters. The van der Waals surface area contributed by atoms with Gasteiger partial charge in [-0.05, 0) is 12.8 Å². The van der Waals surface area contributed by atoms with Gasteiger partial charge in [0.05, 0.1) is 19.4 Å². The second kappa shape index (κ2) is 4.82. The number of aromatic nitrogens is 2. The van der Waals surface area contributed by atoms with E-state index in [9.17, 15) is 4.79 Å². The zero-order chi connectivity index (χ0) is 11.4.